The topological polar surface area (TPSA) is 20.2 Å². The van der Waals surface area contributed by atoms with Crippen LogP contribution in [0.15, 0.2) is 0 Å². The van der Waals surface area contributed by atoms with E-state index in [0.717, 1.165) is 6.42 Å². The van der Waals surface area contributed by atoms with Crippen LogP contribution in [0, 0.1) is 12.3 Å². The third-order valence-corrected chi connectivity index (χ3v) is 1.29. The van der Waals surface area contributed by atoms with Gasteiger partial charge >= 0.3 is 0 Å². The van der Waals surface area contributed by atoms with E-state index in [-0.39, 0.29) is 11.5 Å². The number of aliphatic hydroxyl groups is 1. The van der Waals surface area contributed by atoms with Gasteiger partial charge in [-0.2, -0.15) is 0 Å². The number of rotatable bonds is 2. The average molecular weight is 115 g/mol. The second-order valence-corrected chi connectivity index (χ2v) is 2.91. The third-order valence-electron chi connectivity index (χ3n) is 1.29. The van der Waals surface area contributed by atoms with Gasteiger partial charge in [0.25, 0.3) is 0 Å². The molecule has 1 atom stereocenters. The van der Waals surface area contributed by atoms with Crippen molar-refractivity contribution in [3.05, 3.63) is 6.92 Å². The molecule has 0 bridgehead atoms. The lowest BCUT2D eigenvalue weighted by molar-refractivity contribution is 0.0768. The largest absolute Gasteiger partial charge is 0.393 e. The molecule has 0 saturated carbocycles. The summed E-state index contributed by atoms with van der Waals surface area (Å²) in [6.07, 6.45) is 0.527. The van der Waals surface area contributed by atoms with Gasteiger partial charge in [-0.25, -0.2) is 0 Å². The van der Waals surface area contributed by atoms with Gasteiger partial charge in [0.05, 0.1) is 6.10 Å². The van der Waals surface area contributed by atoms with E-state index in [0.29, 0.717) is 0 Å². The molecule has 1 unspecified atom stereocenters. The van der Waals surface area contributed by atoms with E-state index in [1.807, 2.05) is 20.8 Å². The summed E-state index contributed by atoms with van der Waals surface area (Å²) in [6.45, 7) is 9.61. The molecule has 0 aromatic heterocycles. The van der Waals surface area contributed by atoms with Crippen LogP contribution in [0.1, 0.15) is 27.2 Å². The first-order valence-corrected chi connectivity index (χ1v) is 3.02. The molecule has 0 rings (SSSR count). The van der Waals surface area contributed by atoms with Crippen molar-refractivity contribution in [1.29, 1.82) is 0 Å². The van der Waals surface area contributed by atoms with E-state index in [2.05, 4.69) is 6.92 Å². The van der Waals surface area contributed by atoms with Crippen LogP contribution in [0.4, 0.5) is 0 Å². The summed E-state index contributed by atoms with van der Waals surface area (Å²) in [6, 6.07) is 0. The molecule has 0 saturated heterocycles. The highest BCUT2D eigenvalue weighted by Gasteiger charge is 2.19. The summed E-state index contributed by atoms with van der Waals surface area (Å²) >= 11 is 0. The molecule has 1 nitrogen and oxygen atoms in total. The summed E-state index contributed by atoms with van der Waals surface area (Å²) < 4.78 is 0. The molecule has 0 heterocycles. The SMILES string of the molecule is [CH2]C(C)(C)C(O)CC. The second kappa shape index (κ2) is 2.49. The number of hydrogen-bond acceptors (Lipinski definition) is 1. The van der Waals surface area contributed by atoms with Gasteiger partial charge in [0, 0.05) is 0 Å². The zero-order valence-corrected chi connectivity index (χ0v) is 5.94. The van der Waals surface area contributed by atoms with Crippen LogP contribution in [-0.2, 0) is 0 Å². The zero-order valence-electron chi connectivity index (χ0n) is 5.94. The lowest BCUT2D eigenvalue weighted by Gasteiger charge is -2.23. The fourth-order valence-electron chi connectivity index (χ4n) is 0.553. The fourth-order valence-corrected chi connectivity index (χ4v) is 0.553. The second-order valence-electron chi connectivity index (χ2n) is 2.91. The third kappa shape index (κ3) is 2.31. The summed E-state index contributed by atoms with van der Waals surface area (Å²) in [5, 5.41) is 9.13. The van der Waals surface area contributed by atoms with Gasteiger partial charge in [0.1, 0.15) is 0 Å². The van der Waals surface area contributed by atoms with Gasteiger partial charge < -0.3 is 5.11 Å². The highest BCUT2D eigenvalue weighted by Crippen LogP contribution is 2.19. The van der Waals surface area contributed by atoms with E-state index in [1.165, 1.54) is 0 Å². The molecule has 0 aromatic carbocycles. The molecule has 0 aromatic rings. The highest BCUT2D eigenvalue weighted by atomic mass is 16.3. The minimum Gasteiger partial charge on any atom is -0.393 e. The smallest absolute Gasteiger partial charge is 0.0588 e. The Morgan fingerprint density at radius 3 is 2.00 bits per heavy atom. The monoisotopic (exact) mass is 115 g/mol. The molecule has 0 aliphatic rings. The molecule has 8 heavy (non-hydrogen) atoms. The van der Waals surface area contributed by atoms with E-state index < -0.39 is 0 Å². The van der Waals surface area contributed by atoms with Crippen molar-refractivity contribution in [2.45, 2.75) is 33.3 Å². The fraction of sp³-hybridized carbons (Fsp3) is 0.857. The first-order chi connectivity index (χ1) is 3.48. The maximum Gasteiger partial charge on any atom is 0.0588 e. The van der Waals surface area contributed by atoms with Gasteiger partial charge in [0.15, 0.2) is 0 Å². The Kier molecular flexibility index (Phi) is 2.48. The van der Waals surface area contributed by atoms with Crippen LogP contribution in [-0.4, -0.2) is 11.2 Å². The Balaban J connectivity index is 3.62. The minimum atomic E-state index is -0.262. The van der Waals surface area contributed by atoms with Crippen LogP contribution in [0.25, 0.3) is 0 Å². The first-order valence-electron chi connectivity index (χ1n) is 3.02. The number of aliphatic hydroxyl groups excluding tert-OH is 1. The quantitative estimate of drug-likeness (QED) is 0.579. The molecule has 1 N–H and O–H groups in total. The summed E-state index contributed by atoms with van der Waals surface area (Å²) in [5.74, 6) is 0. The molecule has 0 aliphatic heterocycles. The van der Waals surface area contributed by atoms with Gasteiger partial charge in [0.2, 0.25) is 0 Å². The van der Waals surface area contributed by atoms with E-state index in [4.69, 9.17) is 5.11 Å². The van der Waals surface area contributed by atoms with Crippen LogP contribution >= 0.6 is 0 Å². The van der Waals surface area contributed by atoms with E-state index in [9.17, 15) is 0 Å². The van der Waals surface area contributed by atoms with E-state index >= 15 is 0 Å². The van der Waals surface area contributed by atoms with Gasteiger partial charge in [-0.05, 0) is 18.8 Å². The standard InChI is InChI=1S/C7H15O/c1-5-6(8)7(2,3)4/h6,8H,2,5H2,1,3-4H3. The molecule has 49 valence electrons. The normalized spacial score (nSPS) is 16.1. The van der Waals surface area contributed by atoms with Gasteiger partial charge in [-0.1, -0.05) is 20.8 Å². The Hall–Kier alpha value is -0.0400. The van der Waals surface area contributed by atoms with Crippen molar-refractivity contribution < 1.29 is 5.11 Å². The Morgan fingerprint density at radius 2 is 2.00 bits per heavy atom. The van der Waals surface area contributed by atoms with Crippen LogP contribution in [0.5, 0.6) is 0 Å². The summed E-state index contributed by atoms with van der Waals surface area (Å²) in [7, 11) is 0. The molecule has 0 fully saturated rings. The lowest BCUT2D eigenvalue weighted by Crippen LogP contribution is -2.24. The summed E-state index contributed by atoms with van der Waals surface area (Å²) in [4.78, 5) is 0. The average Bonchev–Trinajstić information content (AvgIpc) is 1.62. The molecule has 0 spiro atoms. The predicted octanol–water partition coefficient (Wildman–Crippen LogP) is 1.62. The van der Waals surface area contributed by atoms with Crippen molar-refractivity contribution in [1.82, 2.24) is 0 Å². The van der Waals surface area contributed by atoms with Gasteiger partial charge in [-0.3, -0.25) is 0 Å². The van der Waals surface area contributed by atoms with Crippen molar-refractivity contribution in [2.75, 3.05) is 0 Å². The van der Waals surface area contributed by atoms with Crippen molar-refractivity contribution in [3.8, 4) is 0 Å². The Labute approximate surface area is 51.7 Å². The van der Waals surface area contributed by atoms with Crippen LogP contribution in [0.3, 0.4) is 0 Å². The highest BCUT2D eigenvalue weighted by molar-refractivity contribution is 4.78. The maximum absolute atomic E-state index is 9.13. The molecular weight excluding hydrogens is 100 g/mol. The summed E-state index contributed by atoms with van der Waals surface area (Å²) in [5.41, 5.74) is -0.186. The predicted molar refractivity (Wildman–Crippen MR) is 35.4 cm³/mol. The van der Waals surface area contributed by atoms with Crippen LogP contribution in [0.2, 0.25) is 0 Å². The molecule has 0 amide bonds. The molecule has 0 aliphatic carbocycles. The van der Waals surface area contributed by atoms with Crippen molar-refractivity contribution >= 4 is 0 Å². The maximum atomic E-state index is 9.13. The van der Waals surface area contributed by atoms with Crippen molar-refractivity contribution in [3.63, 3.8) is 0 Å². The van der Waals surface area contributed by atoms with Crippen molar-refractivity contribution in [2.24, 2.45) is 5.41 Å². The molecule has 1 heteroatoms. The minimum absolute atomic E-state index is 0.186. The van der Waals surface area contributed by atoms with E-state index in [1.54, 1.807) is 0 Å². The van der Waals surface area contributed by atoms with Crippen LogP contribution < -0.4 is 0 Å². The van der Waals surface area contributed by atoms with Gasteiger partial charge in [-0.15, -0.1) is 0 Å². The molecule has 1 radical (unpaired) electrons. The first kappa shape index (κ1) is 7.96. The number of hydrogen-bond donors (Lipinski definition) is 1. The molecular formula is C7H15O. The Bertz CT molecular complexity index is 61.3. The lowest BCUT2D eigenvalue weighted by atomic mass is 9.88. The zero-order chi connectivity index (χ0) is 6.78. The Morgan fingerprint density at radius 1 is 1.62 bits per heavy atom.